The van der Waals surface area contributed by atoms with Crippen LogP contribution in [0.15, 0.2) is 66.2 Å². The van der Waals surface area contributed by atoms with E-state index in [4.69, 9.17) is 11.6 Å². The number of amides is 4. The van der Waals surface area contributed by atoms with Gasteiger partial charge in [0.15, 0.2) is 0 Å². The first-order valence-corrected chi connectivity index (χ1v) is 10.9. The normalized spacial score (nSPS) is 15.2. The average molecular weight is 459 g/mol. The van der Waals surface area contributed by atoms with Crippen LogP contribution in [0.5, 0.6) is 0 Å². The van der Waals surface area contributed by atoms with Crippen LogP contribution in [0.25, 0.3) is 6.08 Å². The number of hydrogen-bond donors (Lipinski definition) is 1. The first-order valence-electron chi connectivity index (χ1n) is 10.6. The molecule has 0 saturated carbocycles. The number of imide groups is 2. The second-order valence-electron chi connectivity index (χ2n) is 8.26. The van der Waals surface area contributed by atoms with E-state index in [2.05, 4.69) is 37.4 Å². The fourth-order valence-corrected chi connectivity index (χ4v) is 4.25. The van der Waals surface area contributed by atoms with Crippen LogP contribution in [0.2, 0.25) is 5.02 Å². The smallest absolute Gasteiger partial charge is 0.273 e. The van der Waals surface area contributed by atoms with Crippen molar-refractivity contribution in [2.24, 2.45) is 0 Å². The van der Waals surface area contributed by atoms with E-state index < -0.39 is 17.8 Å². The number of aryl methyl sites for hydroxylation is 3. The number of rotatable bonds is 4. The molecule has 33 heavy (non-hydrogen) atoms. The van der Waals surface area contributed by atoms with E-state index in [1.165, 1.54) is 17.2 Å². The molecule has 0 aromatic heterocycles. The molecule has 0 aliphatic carbocycles. The molecule has 3 aromatic rings. The van der Waals surface area contributed by atoms with E-state index in [1.807, 2.05) is 24.3 Å². The molecule has 166 valence electrons. The summed E-state index contributed by atoms with van der Waals surface area (Å²) in [4.78, 5) is 39.5. The van der Waals surface area contributed by atoms with Crippen LogP contribution < -0.4 is 10.2 Å². The van der Waals surface area contributed by atoms with Gasteiger partial charge in [-0.1, -0.05) is 71.3 Å². The third-order valence-electron chi connectivity index (χ3n) is 5.54. The van der Waals surface area contributed by atoms with E-state index >= 15 is 0 Å². The van der Waals surface area contributed by atoms with Gasteiger partial charge < -0.3 is 0 Å². The summed E-state index contributed by atoms with van der Waals surface area (Å²) in [6.45, 7) is 5.88. The number of barbiturate groups is 1. The van der Waals surface area contributed by atoms with Gasteiger partial charge in [0.2, 0.25) is 0 Å². The Bertz CT molecular complexity index is 1310. The molecule has 1 fully saturated rings. The van der Waals surface area contributed by atoms with Gasteiger partial charge in [-0.15, -0.1) is 0 Å². The van der Waals surface area contributed by atoms with Crippen LogP contribution in [-0.4, -0.2) is 17.8 Å². The Balaban J connectivity index is 1.74. The number of nitrogens with one attached hydrogen (secondary N) is 1. The first-order chi connectivity index (χ1) is 15.7. The fourth-order valence-electron chi connectivity index (χ4n) is 4.08. The minimum Gasteiger partial charge on any atom is -0.273 e. The molecule has 4 amide bonds. The maximum Gasteiger partial charge on any atom is 0.335 e. The van der Waals surface area contributed by atoms with Gasteiger partial charge in [0, 0.05) is 5.02 Å². The summed E-state index contributed by atoms with van der Waals surface area (Å²) in [7, 11) is 0. The largest absolute Gasteiger partial charge is 0.335 e. The minimum absolute atomic E-state index is 0.109. The first kappa shape index (κ1) is 22.5. The number of anilines is 1. The molecule has 5 nitrogen and oxygen atoms in total. The molecule has 6 heteroatoms. The standard InChI is InChI=1S/C27H23ClN2O3/c1-16-10-17(2)12-19(11-16)13-20-6-4-5-7-21(20)14-23-25(31)29-27(33)30(26(23)32)24-15-22(28)9-8-18(24)3/h4-12,14-15H,13H2,1-3H3,(H,29,31,33)/b23-14+. The zero-order valence-electron chi connectivity index (χ0n) is 18.6. The van der Waals surface area contributed by atoms with E-state index in [-0.39, 0.29) is 5.57 Å². The number of halogens is 1. The number of carbonyl (C=O) groups excluding carboxylic acids is 3. The molecule has 1 aliphatic heterocycles. The topological polar surface area (TPSA) is 66.5 Å². The van der Waals surface area contributed by atoms with Crippen molar-refractivity contribution < 1.29 is 14.4 Å². The second kappa shape index (κ2) is 9.04. The third-order valence-corrected chi connectivity index (χ3v) is 5.78. The average Bonchev–Trinajstić information content (AvgIpc) is 2.74. The zero-order chi connectivity index (χ0) is 23.7. The van der Waals surface area contributed by atoms with Crippen LogP contribution in [-0.2, 0) is 16.0 Å². The molecule has 0 spiro atoms. The predicted octanol–water partition coefficient (Wildman–Crippen LogP) is 5.52. The number of urea groups is 1. The van der Waals surface area contributed by atoms with Crippen LogP contribution in [0.1, 0.15) is 33.4 Å². The molecule has 3 aromatic carbocycles. The molecule has 1 saturated heterocycles. The Morgan fingerprint density at radius 1 is 0.909 bits per heavy atom. The Kier molecular flexibility index (Phi) is 6.16. The van der Waals surface area contributed by atoms with E-state index in [0.29, 0.717) is 22.7 Å². The van der Waals surface area contributed by atoms with Crippen molar-refractivity contribution in [1.82, 2.24) is 5.32 Å². The molecule has 1 N–H and O–H groups in total. The molecular weight excluding hydrogens is 436 g/mol. The van der Waals surface area contributed by atoms with Gasteiger partial charge in [0.1, 0.15) is 5.57 Å². The lowest BCUT2D eigenvalue weighted by atomic mass is 9.95. The molecule has 0 radical (unpaired) electrons. The van der Waals surface area contributed by atoms with E-state index in [1.54, 1.807) is 25.1 Å². The Morgan fingerprint density at radius 2 is 1.61 bits per heavy atom. The van der Waals surface area contributed by atoms with Crippen LogP contribution in [0.4, 0.5) is 10.5 Å². The highest BCUT2D eigenvalue weighted by Gasteiger charge is 2.37. The second-order valence-corrected chi connectivity index (χ2v) is 8.70. The monoisotopic (exact) mass is 458 g/mol. The summed E-state index contributed by atoms with van der Waals surface area (Å²) in [6, 6.07) is 18.1. The maximum atomic E-state index is 13.3. The lowest BCUT2D eigenvalue weighted by Crippen LogP contribution is -2.54. The van der Waals surface area contributed by atoms with Gasteiger partial charge in [-0.25, -0.2) is 9.69 Å². The Labute approximate surface area is 197 Å². The quantitative estimate of drug-likeness (QED) is 0.413. The number of carbonyl (C=O) groups is 3. The van der Waals surface area contributed by atoms with Crippen molar-refractivity contribution in [3.63, 3.8) is 0 Å². The minimum atomic E-state index is -0.795. The van der Waals surface area contributed by atoms with Gasteiger partial charge in [0.25, 0.3) is 11.8 Å². The summed E-state index contributed by atoms with van der Waals surface area (Å²) in [5, 5.41) is 2.66. The van der Waals surface area contributed by atoms with Crippen molar-refractivity contribution in [3.8, 4) is 0 Å². The highest BCUT2D eigenvalue weighted by atomic mass is 35.5. The zero-order valence-corrected chi connectivity index (χ0v) is 19.4. The molecule has 1 heterocycles. The molecule has 0 unspecified atom stereocenters. The summed E-state index contributed by atoms with van der Waals surface area (Å²) >= 11 is 6.10. The van der Waals surface area contributed by atoms with Gasteiger partial charge in [-0.05, 0) is 67.7 Å². The van der Waals surface area contributed by atoms with Gasteiger partial charge in [0.05, 0.1) is 5.69 Å². The highest BCUT2D eigenvalue weighted by Crippen LogP contribution is 2.28. The lowest BCUT2D eigenvalue weighted by molar-refractivity contribution is -0.122. The maximum absolute atomic E-state index is 13.3. The summed E-state index contributed by atoms with van der Waals surface area (Å²) in [5.74, 6) is -1.41. The number of hydrogen-bond acceptors (Lipinski definition) is 3. The number of benzene rings is 3. The predicted molar refractivity (Wildman–Crippen MR) is 130 cm³/mol. The lowest BCUT2D eigenvalue weighted by Gasteiger charge is -2.27. The molecule has 0 bridgehead atoms. The van der Waals surface area contributed by atoms with Crippen molar-refractivity contribution in [2.75, 3.05) is 4.90 Å². The van der Waals surface area contributed by atoms with Gasteiger partial charge >= 0.3 is 6.03 Å². The Hall–Kier alpha value is -3.70. The van der Waals surface area contributed by atoms with Crippen molar-refractivity contribution in [1.29, 1.82) is 0 Å². The van der Waals surface area contributed by atoms with Crippen LogP contribution in [0.3, 0.4) is 0 Å². The SMILES string of the molecule is Cc1cc(C)cc(Cc2ccccc2/C=C2\C(=O)NC(=O)N(c3cc(Cl)ccc3C)C2=O)c1. The third kappa shape index (κ3) is 4.73. The van der Waals surface area contributed by atoms with Gasteiger partial charge in [-0.2, -0.15) is 0 Å². The number of nitrogens with zero attached hydrogens (tertiary/aromatic N) is 1. The van der Waals surface area contributed by atoms with Gasteiger partial charge in [-0.3, -0.25) is 14.9 Å². The van der Waals surface area contributed by atoms with E-state index in [9.17, 15) is 14.4 Å². The summed E-state index contributed by atoms with van der Waals surface area (Å²) in [6.07, 6.45) is 2.20. The van der Waals surface area contributed by atoms with Crippen LogP contribution >= 0.6 is 11.6 Å². The van der Waals surface area contributed by atoms with E-state index in [0.717, 1.165) is 21.6 Å². The van der Waals surface area contributed by atoms with Crippen molar-refractivity contribution in [3.05, 3.63) is 105 Å². The van der Waals surface area contributed by atoms with Crippen molar-refractivity contribution in [2.45, 2.75) is 27.2 Å². The molecular formula is C27H23ClN2O3. The fraction of sp³-hybridized carbons (Fsp3) is 0.148. The van der Waals surface area contributed by atoms with Crippen molar-refractivity contribution >= 4 is 41.2 Å². The molecule has 4 rings (SSSR count). The van der Waals surface area contributed by atoms with Crippen LogP contribution in [0, 0.1) is 20.8 Å². The highest BCUT2D eigenvalue weighted by molar-refractivity contribution is 6.39. The summed E-state index contributed by atoms with van der Waals surface area (Å²) in [5.41, 5.74) is 6.12. The molecule has 0 atom stereocenters. The summed E-state index contributed by atoms with van der Waals surface area (Å²) < 4.78 is 0. The molecule has 1 aliphatic rings. The Morgan fingerprint density at radius 3 is 2.33 bits per heavy atom.